The van der Waals surface area contributed by atoms with Gasteiger partial charge in [0.25, 0.3) is 0 Å². The summed E-state index contributed by atoms with van der Waals surface area (Å²) in [7, 11) is 0. The first kappa shape index (κ1) is 21.1. The number of nitrogens with one attached hydrogen (secondary N) is 2. The Morgan fingerprint density at radius 1 is 0.815 bits per heavy atom. The summed E-state index contributed by atoms with van der Waals surface area (Å²) in [4.78, 5) is 24.2. The topological polar surface area (TPSA) is 70.6 Å². The van der Waals surface area contributed by atoms with Crippen LogP contribution in [0.3, 0.4) is 0 Å². The second-order valence-corrected chi connectivity index (χ2v) is 7.41. The van der Waals surface area contributed by atoms with E-state index in [0.29, 0.717) is 0 Å². The Bertz CT molecular complexity index is 599. The number of rotatable bonds is 3. The lowest BCUT2D eigenvalue weighted by Gasteiger charge is -2.13. The summed E-state index contributed by atoms with van der Waals surface area (Å²) in [5.74, 6) is -1.35. The highest BCUT2D eigenvalue weighted by Gasteiger charge is 2.16. The van der Waals surface area contributed by atoms with Crippen molar-refractivity contribution in [2.75, 3.05) is 0 Å². The Morgan fingerprint density at radius 2 is 1.33 bits per heavy atom. The van der Waals surface area contributed by atoms with Gasteiger partial charge in [-0.3, -0.25) is 9.59 Å². The van der Waals surface area contributed by atoms with Gasteiger partial charge in [0.2, 0.25) is 0 Å². The Labute approximate surface area is 163 Å². The van der Waals surface area contributed by atoms with Gasteiger partial charge < -0.3 is 5.32 Å². The summed E-state index contributed by atoms with van der Waals surface area (Å²) in [5.41, 5.74) is 4.43. The third-order valence-corrected chi connectivity index (χ3v) is 5.10. The number of carbonyl (C=O) groups excluding carboxylic acids is 2. The van der Waals surface area contributed by atoms with Crippen molar-refractivity contribution < 1.29 is 9.59 Å². The summed E-state index contributed by atoms with van der Waals surface area (Å²) >= 11 is 0. The number of nitrogens with zero attached hydrogens (tertiary/aromatic N) is 1. The van der Waals surface area contributed by atoms with E-state index in [0.717, 1.165) is 37.0 Å². The molecule has 2 N–H and O–H groups in total. The van der Waals surface area contributed by atoms with Crippen molar-refractivity contribution in [2.24, 2.45) is 5.10 Å². The number of hydrogen-bond donors (Lipinski definition) is 2. The van der Waals surface area contributed by atoms with Gasteiger partial charge in [-0.15, -0.1) is 0 Å². The Hall–Kier alpha value is -2.17. The maximum Gasteiger partial charge on any atom is 0.329 e. The highest BCUT2D eigenvalue weighted by molar-refractivity contribution is 6.35. The smallest absolute Gasteiger partial charge is 0.329 e. The molecule has 0 heterocycles. The van der Waals surface area contributed by atoms with E-state index in [-0.39, 0.29) is 6.04 Å². The molecular formula is C22H33N3O2. The fraction of sp³-hybridized carbons (Fsp3) is 0.591. The molecule has 2 rings (SSSR count). The first-order valence-electron chi connectivity index (χ1n) is 10.4. The van der Waals surface area contributed by atoms with E-state index < -0.39 is 11.8 Å². The fourth-order valence-electron chi connectivity index (χ4n) is 3.40. The third-order valence-electron chi connectivity index (χ3n) is 5.10. The molecule has 5 nitrogen and oxygen atoms in total. The van der Waals surface area contributed by atoms with Gasteiger partial charge in [0.1, 0.15) is 0 Å². The molecule has 1 aliphatic carbocycles. The van der Waals surface area contributed by atoms with Gasteiger partial charge in [-0.1, -0.05) is 75.3 Å². The first-order valence-corrected chi connectivity index (χ1v) is 10.4. The summed E-state index contributed by atoms with van der Waals surface area (Å²) in [6.07, 6.45) is 13.0. The second-order valence-electron chi connectivity index (χ2n) is 7.41. The average Bonchev–Trinajstić information content (AvgIpc) is 2.68. The third kappa shape index (κ3) is 8.37. The van der Waals surface area contributed by atoms with Crippen LogP contribution >= 0.6 is 0 Å². The molecular weight excluding hydrogens is 338 g/mol. The van der Waals surface area contributed by atoms with Gasteiger partial charge in [0, 0.05) is 5.71 Å². The molecule has 0 spiro atoms. The normalized spacial score (nSPS) is 17.7. The molecule has 1 aliphatic rings. The van der Waals surface area contributed by atoms with Crippen LogP contribution in [0.2, 0.25) is 0 Å². The molecule has 1 atom stereocenters. The number of amides is 2. The molecule has 2 amide bonds. The van der Waals surface area contributed by atoms with E-state index in [2.05, 4.69) is 15.8 Å². The van der Waals surface area contributed by atoms with Crippen LogP contribution in [0.5, 0.6) is 0 Å². The molecule has 5 heteroatoms. The maximum atomic E-state index is 12.1. The van der Waals surface area contributed by atoms with Crippen molar-refractivity contribution in [1.82, 2.24) is 10.7 Å². The SMILES string of the molecule is C[C@H](NC(=O)C(=O)NN=C1CCCCCCCCCCC1)c1ccccc1. The van der Waals surface area contributed by atoms with E-state index in [1.54, 1.807) is 0 Å². The molecule has 0 aliphatic heterocycles. The van der Waals surface area contributed by atoms with Crippen LogP contribution in [0.15, 0.2) is 35.4 Å². The Balaban J connectivity index is 1.83. The minimum absolute atomic E-state index is 0.224. The van der Waals surface area contributed by atoms with E-state index in [1.165, 1.54) is 44.9 Å². The van der Waals surface area contributed by atoms with Gasteiger partial charge in [0.05, 0.1) is 6.04 Å². The van der Waals surface area contributed by atoms with Gasteiger partial charge in [0.15, 0.2) is 0 Å². The summed E-state index contributed by atoms with van der Waals surface area (Å²) in [6, 6.07) is 9.37. The number of hydrogen-bond acceptors (Lipinski definition) is 3. The zero-order valence-electron chi connectivity index (χ0n) is 16.5. The monoisotopic (exact) mass is 371 g/mol. The van der Waals surface area contributed by atoms with E-state index >= 15 is 0 Å². The average molecular weight is 372 g/mol. The van der Waals surface area contributed by atoms with Crippen LogP contribution < -0.4 is 10.7 Å². The summed E-state index contributed by atoms with van der Waals surface area (Å²) < 4.78 is 0. The lowest BCUT2D eigenvalue weighted by molar-refractivity contribution is -0.139. The predicted molar refractivity (Wildman–Crippen MR) is 109 cm³/mol. The largest absolute Gasteiger partial charge is 0.341 e. The van der Waals surface area contributed by atoms with Crippen molar-refractivity contribution in [2.45, 2.75) is 83.6 Å². The van der Waals surface area contributed by atoms with E-state index in [4.69, 9.17) is 0 Å². The van der Waals surface area contributed by atoms with Crippen LogP contribution in [-0.2, 0) is 9.59 Å². The molecule has 1 saturated carbocycles. The van der Waals surface area contributed by atoms with Gasteiger partial charge in [-0.2, -0.15) is 5.10 Å². The summed E-state index contributed by atoms with van der Waals surface area (Å²) in [5, 5.41) is 6.99. The number of benzene rings is 1. The fourth-order valence-corrected chi connectivity index (χ4v) is 3.40. The highest BCUT2D eigenvalue weighted by atomic mass is 16.2. The molecule has 0 bridgehead atoms. The zero-order chi connectivity index (χ0) is 19.3. The van der Waals surface area contributed by atoms with Crippen LogP contribution in [0.4, 0.5) is 0 Å². The van der Waals surface area contributed by atoms with Crippen LogP contribution in [0, 0.1) is 0 Å². The Morgan fingerprint density at radius 3 is 1.89 bits per heavy atom. The molecule has 1 aromatic rings. The van der Waals surface area contributed by atoms with Crippen molar-refractivity contribution in [3.05, 3.63) is 35.9 Å². The van der Waals surface area contributed by atoms with E-state index in [9.17, 15) is 9.59 Å². The van der Waals surface area contributed by atoms with Crippen molar-refractivity contribution in [3.63, 3.8) is 0 Å². The van der Waals surface area contributed by atoms with Gasteiger partial charge in [-0.05, 0) is 38.2 Å². The van der Waals surface area contributed by atoms with Gasteiger partial charge in [-0.25, -0.2) is 5.43 Å². The molecule has 0 unspecified atom stereocenters. The first-order chi connectivity index (χ1) is 13.2. The lowest BCUT2D eigenvalue weighted by atomic mass is 10.00. The minimum Gasteiger partial charge on any atom is -0.341 e. The van der Waals surface area contributed by atoms with Gasteiger partial charge >= 0.3 is 11.8 Å². The second kappa shape index (κ2) is 12.3. The number of carbonyl (C=O) groups is 2. The van der Waals surface area contributed by atoms with Crippen LogP contribution in [0.1, 0.15) is 89.2 Å². The van der Waals surface area contributed by atoms with Crippen LogP contribution in [-0.4, -0.2) is 17.5 Å². The predicted octanol–water partition coefficient (Wildman–Crippen LogP) is 4.64. The zero-order valence-corrected chi connectivity index (χ0v) is 16.5. The number of hydrazone groups is 1. The maximum absolute atomic E-state index is 12.1. The molecule has 0 radical (unpaired) electrons. The van der Waals surface area contributed by atoms with Crippen LogP contribution in [0.25, 0.3) is 0 Å². The molecule has 27 heavy (non-hydrogen) atoms. The minimum atomic E-state index is -0.698. The highest BCUT2D eigenvalue weighted by Crippen LogP contribution is 2.15. The molecule has 0 saturated heterocycles. The molecule has 0 aromatic heterocycles. The standard InChI is InChI=1S/C22H33N3O2/c1-18(19-14-10-9-11-15-19)23-21(26)22(27)25-24-20-16-12-7-5-3-2-4-6-8-13-17-20/h9-11,14-15,18H,2-8,12-13,16-17H2,1H3,(H,23,26)(H,25,27)/t18-/m0/s1. The van der Waals surface area contributed by atoms with E-state index in [1.807, 2.05) is 37.3 Å². The molecule has 1 fully saturated rings. The summed E-state index contributed by atoms with van der Waals surface area (Å²) in [6.45, 7) is 1.86. The van der Waals surface area contributed by atoms with Crippen molar-refractivity contribution >= 4 is 17.5 Å². The Kier molecular flexibility index (Phi) is 9.60. The van der Waals surface area contributed by atoms with Crippen molar-refractivity contribution in [3.8, 4) is 0 Å². The quantitative estimate of drug-likeness (QED) is 0.600. The van der Waals surface area contributed by atoms with Crippen molar-refractivity contribution in [1.29, 1.82) is 0 Å². The molecule has 1 aromatic carbocycles. The lowest BCUT2D eigenvalue weighted by Crippen LogP contribution is -2.39. The molecule has 148 valence electrons.